The number of aliphatic hydroxyl groups excluding tert-OH is 1. The van der Waals surface area contributed by atoms with Crippen LogP contribution >= 0.6 is 0 Å². The van der Waals surface area contributed by atoms with E-state index < -0.39 is 5.97 Å². The average Bonchev–Trinajstić information content (AvgIpc) is 2.85. The number of pyridine rings is 1. The van der Waals surface area contributed by atoms with Crippen molar-refractivity contribution >= 4 is 17.3 Å². The molecule has 0 aliphatic carbocycles. The summed E-state index contributed by atoms with van der Waals surface area (Å²) in [5, 5.41) is 19.0. The summed E-state index contributed by atoms with van der Waals surface area (Å²) in [5.41, 5.74) is 2.47. The van der Waals surface area contributed by atoms with Gasteiger partial charge in [0.05, 0.1) is 17.5 Å². The van der Waals surface area contributed by atoms with Gasteiger partial charge in [-0.3, -0.25) is 4.40 Å². The Balaban J connectivity index is 2.02. The number of aromatic nitrogens is 2. The first-order valence-corrected chi connectivity index (χ1v) is 7.27. The van der Waals surface area contributed by atoms with E-state index in [0.29, 0.717) is 17.8 Å². The Bertz CT molecular complexity index is 672. The van der Waals surface area contributed by atoms with Gasteiger partial charge in [0.25, 0.3) is 0 Å². The number of carbonyl (C=O) groups is 1. The zero-order valence-corrected chi connectivity index (χ0v) is 12.0. The maximum Gasteiger partial charge on any atom is 0.354 e. The molecule has 1 aliphatic heterocycles. The fourth-order valence-corrected chi connectivity index (χ4v) is 2.87. The van der Waals surface area contributed by atoms with E-state index in [1.165, 1.54) is 0 Å². The lowest BCUT2D eigenvalue weighted by molar-refractivity contribution is 0.0688. The van der Waals surface area contributed by atoms with Gasteiger partial charge in [0.1, 0.15) is 5.65 Å². The molecular formula is C15H19N3O3. The number of aryl methyl sites for hydroxylation is 1. The second-order valence-corrected chi connectivity index (χ2v) is 5.40. The summed E-state index contributed by atoms with van der Waals surface area (Å²) >= 11 is 0. The summed E-state index contributed by atoms with van der Waals surface area (Å²) in [5.74, 6) is -0.953. The smallest absolute Gasteiger partial charge is 0.354 e. The summed E-state index contributed by atoms with van der Waals surface area (Å²) < 4.78 is 1.65. The van der Waals surface area contributed by atoms with Crippen molar-refractivity contribution in [3.05, 3.63) is 29.7 Å². The topological polar surface area (TPSA) is 78.1 Å². The number of hydrogen-bond donors (Lipinski definition) is 2. The average molecular weight is 289 g/mol. The molecule has 2 N–H and O–H groups in total. The number of aromatic carboxylic acids is 1. The Morgan fingerprint density at radius 2 is 2.10 bits per heavy atom. The lowest BCUT2D eigenvalue weighted by Crippen LogP contribution is -2.35. The highest BCUT2D eigenvalue weighted by Crippen LogP contribution is 2.23. The van der Waals surface area contributed by atoms with Gasteiger partial charge >= 0.3 is 5.97 Å². The largest absolute Gasteiger partial charge is 0.477 e. The van der Waals surface area contributed by atoms with Gasteiger partial charge in [0, 0.05) is 19.3 Å². The highest BCUT2D eigenvalue weighted by Gasteiger charge is 2.20. The molecule has 0 saturated carbocycles. The van der Waals surface area contributed by atoms with Crippen molar-refractivity contribution in [1.29, 1.82) is 0 Å². The second kappa shape index (κ2) is 5.37. The Morgan fingerprint density at radius 1 is 1.38 bits per heavy atom. The monoisotopic (exact) mass is 289 g/mol. The summed E-state index contributed by atoms with van der Waals surface area (Å²) in [6, 6.07) is 3.82. The molecule has 0 bridgehead atoms. The standard InChI is InChI=1S/C15H19N3O3/c1-2-12-14(15(20)21)18-9-10(3-4-13(18)16-12)17-7-5-11(19)6-8-17/h3-4,9,11,19H,2,5-8H2,1H3,(H,20,21). The second-order valence-electron chi connectivity index (χ2n) is 5.40. The minimum Gasteiger partial charge on any atom is -0.477 e. The molecule has 1 fully saturated rings. The Hall–Kier alpha value is -2.08. The fraction of sp³-hybridized carbons (Fsp3) is 0.467. The van der Waals surface area contributed by atoms with E-state index in [1.807, 2.05) is 25.3 Å². The third-order valence-electron chi connectivity index (χ3n) is 4.04. The molecule has 2 aromatic rings. The van der Waals surface area contributed by atoms with Gasteiger partial charge < -0.3 is 15.1 Å². The number of piperidine rings is 1. The van der Waals surface area contributed by atoms with E-state index >= 15 is 0 Å². The van der Waals surface area contributed by atoms with Crippen LogP contribution in [0.5, 0.6) is 0 Å². The zero-order valence-electron chi connectivity index (χ0n) is 12.0. The van der Waals surface area contributed by atoms with Gasteiger partial charge in [-0.15, -0.1) is 0 Å². The van der Waals surface area contributed by atoms with Crippen LogP contribution in [0.3, 0.4) is 0 Å². The van der Waals surface area contributed by atoms with E-state index in [9.17, 15) is 15.0 Å². The van der Waals surface area contributed by atoms with Crippen LogP contribution in [0.15, 0.2) is 18.3 Å². The van der Waals surface area contributed by atoms with E-state index in [1.54, 1.807) is 4.40 Å². The van der Waals surface area contributed by atoms with E-state index in [0.717, 1.165) is 31.6 Å². The van der Waals surface area contributed by atoms with Crippen LogP contribution in [0.4, 0.5) is 5.69 Å². The zero-order chi connectivity index (χ0) is 15.0. The Morgan fingerprint density at radius 3 is 2.71 bits per heavy atom. The summed E-state index contributed by atoms with van der Waals surface area (Å²) in [7, 11) is 0. The fourth-order valence-electron chi connectivity index (χ4n) is 2.87. The summed E-state index contributed by atoms with van der Waals surface area (Å²) in [6.07, 6.45) is 3.69. The maximum atomic E-state index is 11.5. The summed E-state index contributed by atoms with van der Waals surface area (Å²) in [6.45, 7) is 3.47. The van der Waals surface area contributed by atoms with Crippen LogP contribution in [-0.2, 0) is 6.42 Å². The molecule has 0 amide bonds. The number of aliphatic hydroxyl groups is 1. The molecule has 0 unspecified atom stereocenters. The van der Waals surface area contributed by atoms with Gasteiger partial charge in [-0.2, -0.15) is 0 Å². The highest BCUT2D eigenvalue weighted by atomic mass is 16.4. The number of anilines is 1. The molecule has 0 aromatic carbocycles. The molecule has 1 saturated heterocycles. The van der Waals surface area contributed by atoms with E-state index in [2.05, 4.69) is 9.88 Å². The molecular weight excluding hydrogens is 270 g/mol. The van der Waals surface area contributed by atoms with Crippen molar-refractivity contribution in [3.63, 3.8) is 0 Å². The van der Waals surface area contributed by atoms with Crippen LogP contribution < -0.4 is 4.90 Å². The number of carboxylic acids is 1. The van der Waals surface area contributed by atoms with Crippen molar-refractivity contribution in [2.45, 2.75) is 32.3 Å². The molecule has 112 valence electrons. The predicted molar refractivity (Wildman–Crippen MR) is 79.0 cm³/mol. The third kappa shape index (κ3) is 2.47. The van der Waals surface area contributed by atoms with Crippen LogP contribution in [0.25, 0.3) is 5.65 Å². The van der Waals surface area contributed by atoms with Crippen LogP contribution in [0, 0.1) is 0 Å². The normalized spacial score (nSPS) is 16.6. The molecule has 1 aliphatic rings. The Kier molecular flexibility index (Phi) is 3.55. The molecule has 6 heteroatoms. The molecule has 6 nitrogen and oxygen atoms in total. The first kappa shape index (κ1) is 13.9. The van der Waals surface area contributed by atoms with Crippen molar-refractivity contribution in [2.24, 2.45) is 0 Å². The van der Waals surface area contributed by atoms with E-state index in [4.69, 9.17) is 0 Å². The number of hydrogen-bond acceptors (Lipinski definition) is 4. The number of imidazole rings is 1. The third-order valence-corrected chi connectivity index (χ3v) is 4.04. The number of rotatable bonds is 3. The van der Waals surface area contributed by atoms with E-state index in [-0.39, 0.29) is 11.8 Å². The maximum absolute atomic E-state index is 11.5. The molecule has 21 heavy (non-hydrogen) atoms. The minimum absolute atomic E-state index is 0.223. The molecule has 0 spiro atoms. The number of fused-ring (bicyclic) bond motifs is 1. The SMILES string of the molecule is CCc1nc2ccc(N3CCC(O)CC3)cn2c1C(=O)O. The van der Waals surface area contributed by atoms with Crippen molar-refractivity contribution in [2.75, 3.05) is 18.0 Å². The highest BCUT2D eigenvalue weighted by molar-refractivity contribution is 5.88. The van der Waals surface area contributed by atoms with Gasteiger partial charge in [0.2, 0.25) is 0 Å². The number of nitrogens with zero attached hydrogens (tertiary/aromatic N) is 3. The molecule has 0 radical (unpaired) electrons. The first-order valence-electron chi connectivity index (χ1n) is 7.27. The van der Waals surface area contributed by atoms with Crippen LogP contribution in [0.2, 0.25) is 0 Å². The predicted octanol–water partition coefficient (Wildman–Crippen LogP) is 1.56. The molecule has 0 atom stereocenters. The molecule has 3 rings (SSSR count). The molecule has 3 heterocycles. The van der Waals surface area contributed by atoms with Gasteiger partial charge in [-0.25, -0.2) is 9.78 Å². The van der Waals surface area contributed by atoms with Crippen LogP contribution in [-0.4, -0.2) is 44.8 Å². The molecule has 2 aromatic heterocycles. The lowest BCUT2D eigenvalue weighted by Gasteiger charge is -2.31. The van der Waals surface area contributed by atoms with Gasteiger partial charge in [-0.1, -0.05) is 6.92 Å². The van der Waals surface area contributed by atoms with Gasteiger partial charge in [-0.05, 0) is 31.4 Å². The number of carboxylic acid groups (broad SMARTS) is 1. The summed E-state index contributed by atoms with van der Waals surface area (Å²) in [4.78, 5) is 18.0. The minimum atomic E-state index is -0.953. The van der Waals surface area contributed by atoms with Gasteiger partial charge in [0.15, 0.2) is 5.69 Å². The quantitative estimate of drug-likeness (QED) is 0.896. The van der Waals surface area contributed by atoms with Crippen molar-refractivity contribution in [1.82, 2.24) is 9.38 Å². The lowest BCUT2D eigenvalue weighted by atomic mass is 10.1. The first-order chi connectivity index (χ1) is 10.1. The van der Waals surface area contributed by atoms with Crippen LogP contribution in [0.1, 0.15) is 35.9 Å². The Labute approximate surface area is 122 Å². The van der Waals surface area contributed by atoms with Crippen molar-refractivity contribution < 1.29 is 15.0 Å². The van der Waals surface area contributed by atoms with Crippen molar-refractivity contribution in [3.8, 4) is 0 Å².